The molecule has 0 saturated carbocycles. The molecule has 1 aromatic heterocycles. The van der Waals surface area contributed by atoms with Crippen molar-refractivity contribution in [3.63, 3.8) is 0 Å². The van der Waals surface area contributed by atoms with Crippen LogP contribution in [0.25, 0.3) is 0 Å². The first-order chi connectivity index (χ1) is 8.85. The van der Waals surface area contributed by atoms with Gasteiger partial charge in [0.1, 0.15) is 18.2 Å². The second kappa shape index (κ2) is 6.68. The number of anilines is 2. The van der Waals surface area contributed by atoms with Crippen molar-refractivity contribution in [1.82, 2.24) is 9.97 Å². The number of hydrogen-bond donors (Lipinski definition) is 2. The van der Waals surface area contributed by atoms with Crippen LogP contribution in [0.15, 0.2) is 6.07 Å². The lowest BCUT2D eigenvalue weighted by Crippen LogP contribution is -2.30. The molecule has 1 aromatic rings. The number of hydrazine groups is 1. The van der Waals surface area contributed by atoms with Gasteiger partial charge in [-0.25, -0.2) is 15.8 Å². The maximum atomic E-state index is 5.44. The molecule has 0 aliphatic carbocycles. The van der Waals surface area contributed by atoms with Crippen LogP contribution in [0.1, 0.15) is 33.5 Å². The number of aromatic nitrogens is 2. The van der Waals surface area contributed by atoms with E-state index < -0.39 is 0 Å². The zero-order valence-electron chi connectivity index (χ0n) is 12.5. The molecule has 0 saturated heterocycles. The van der Waals surface area contributed by atoms with E-state index in [-0.39, 0.29) is 5.41 Å². The summed E-state index contributed by atoms with van der Waals surface area (Å²) >= 11 is 0. The zero-order valence-corrected chi connectivity index (χ0v) is 12.5. The van der Waals surface area contributed by atoms with Gasteiger partial charge in [0.25, 0.3) is 0 Å². The fraction of sp³-hybridized carbons (Fsp3) is 0.692. The van der Waals surface area contributed by atoms with Gasteiger partial charge >= 0.3 is 0 Å². The fourth-order valence-electron chi connectivity index (χ4n) is 1.80. The third kappa shape index (κ3) is 5.40. The van der Waals surface area contributed by atoms with Gasteiger partial charge in [0.2, 0.25) is 0 Å². The van der Waals surface area contributed by atoms with E-state index in [0.29, 0.717) is 24.9 Å². The average Bonchev–Trinajstić information content (AvgIpc) is 2.33. The molecule has 0 aliphatic heterocycles. The lowest BCUT2D eigenvalue weighted by atomic mass is 9.96. The van der Waals surface area contributed by atoms with Crippen molar-refractivity contribution < 1.29 is 4.74 Å². The smallest absolute Gasteiger partial charge is 0.158 e. The van der Waals surface area contributed by atoms with Crippen LogP contribution < -0.4 is 16.2 Å². The number of nitrogens with zero attached hydrogens (tertiary/aromatic N) is 3. The predicted octanol–water partition coefficient (Wildman–Crippen LogP) is 1.78. The third-order valence-electron chi connectivity index (χ3n) is 2.44. The molecule has 0 fully saturated rings. The van der Waals surface area contributed by atoms with Crippen molar-refractivity contribution in [3.8, 4) is 0 Å². The molecule has 108 valence electrons. The minimum absolute atomic E-state index is 0.191. The molecule has 0 bridgehead atoms. The van der Waals surface area contributed by atoms with E-state index in [4.69, 9.17) is 10.6 Å². The van der Waals surface area contributed by atoms with Gasteiger partial charge < -0.3 is 15.1 Å². The molecule has 19 heavy (non-hydrogen) atoms. The number of hydrogen-bond acceptors (Lipinski definition) is 6. The number of rotatable bonds is 6. The molecule has 3 N–H and O–H groups in total. The first kappa shape index (κ1) is 15.7. The van der Waals surface area contributed by atoms with Crippen molar-refractivity contribution in [2.24, 2.45) is 11.3 Å². The fourth-order valence-corrected chi connectivity index (χ4v) is 1.80. The van der Waals surface area contributed by atoms with Crippen LogP contribution in [0.5, 0.6) is 0 Å². The Kier molecular flexibility index (Phi) is 5.50. The Labute approximate surface area is 115 Å². The van der Waals surface area contributed by atoms with Crippen molar-refractivity contribution in [1.29, 1.82) is 0 Å². The molecular formula is C13H25N5O. The highest BCUT2D eigenvalue weighted by Crippen LogP contribution is 2.20. The van der Waals surface area contributed by atoms with Gasteiger partial charge in [-0.3, -0.25) is 0 Å². The van der Waals surface area contributed by atoms with Gasteiger partial charge in [-0.15, -0.1) is 0 Å². The quantitative estimate of drug-likeness (QED) is 0.604. The van der Waals surface area contributed by atoms with Gasteiger partial charge in [0.05, 0.1) is 0 Å². The maximum absolute atomic E-state index is 5.44. The highest BCUT2D eigenvalue weighted by molar-refractivity contribution is 5.48. The van der Waals surface area contributed by atoms with Gasteiger partial charge in [-0.2, -0.15) is 0 Å². The van der Waals surface area contributed by atoms with Crippen LogP contribution in [0.2, 0.25) is 0 Å². The van der Waals surface area contributed by atoms with E-state index >= 15 is 0 Å². The summed E-state index contributed by atoms with van der Waals surface area (Å²) in [5.41, 5.74) is 2.76. The first-order valence-corrected chi connectivity index (χ1v) is 6.49. The summed E-state index contributed by atoms with van der Waals surface area (Å²) in [4.78, 5) is 10.9. The van der Waals surface area contributed by atoms with Crippen molar-refractivity contribution >= 4 is 11.6 Å². The van der Waals surface area contributed by atoms with E-state index in [0.717, 1.165) is 12.4 Å². The molecule has 0 amide bonds. The van der Waals surface area contributed by atoms with Crippen LogP contribution in [0.4, 0.5) is 11.6 Å². The molecular weight excluding hydrogens is 242 g/mol. The summed E-state index contributed by atoms with van der Waals surface area (Å²) < 4.78 is 5.34. The monoisotopic (exact) mass is 267 g/mol. The molecule has 0 radical (unpaired) electrons. The largest absolute Gasteiger partial charge is 0.374 e. The number of ether oxygens (including phenoxy) is 1. The standard InChI is InChI=1S/C13H25N5O/c1-6-19-8-11-15-10(17-14)7-12(16-11)18(5)9-13(2,3)4/h7H,6,8-9,14H2,1-5H3,(H,15,16,17). The Bertz CT molecular complexity index is 403. The minimum atomic E-state index is 0.191. The molecule has 0 spiro atoms. The zero-order chi connectivity index (χ0) is 14.5. The summed E-state index contributed by atoms with van der Waals surface area (Å²) in [6, 6.07) is 1.83. The molecule has 0 unspecified atom stereocenters. The van der Waals surface area contributed by atoms with Gasteiger partial charge in [0.15, 0.2) is 5.82 Å². The van der Waals surface area contributed by atoms with Crippen LogP contribution in [0.3, 0.4) is 0 Å². The Morgan fingerprint density at radius 3 is 2.58 bits per heavy atom. The highest BCUT2D eigenvalue weighted by Gasteiger charge is 2.16. The third-order valence-corrected chi connectivity index (χ3v) is 2.44. The molecule has 1 rings (SSSR count). The second-order valence-electron chi connectivity index (χ2n) is 5.73. The summed E-state index contributed by atoms with van der Waals surface area (Å²) in [6.07, 6.45) is 0. The van der Waals surface area contributed by atoms with Crippen molar-refractivity contribution in [2.45, 2.75) is 34.3 Å². The second-order valence-corrected chi connectivity index (χ2v) is 5.73. The molecule has 0 atom stereocenters. The lowest BCUT2D eigenvalue weighted by molar-refractivity contribution is 0.128. The van der Waals surface area contributed by atoms with E-state index in [2.05, 4.69) is 41.1 Å². The Morgan fingerprint density at radius 1 is 1.37 bits per heavy atom. The summed E-state index contributed by atoms with van der Waals surface area (Å²) in [5.74, 6) is 7.51. The first-order valence-electron chi connectivity index (χ1n) is 6.49. The number of nitrogens with one attached hydrogen (secondary N) is 1. The van der Waals surface area contributed by atoms with Crippen molar-refractivity contribution in [2.75, 3.05) is 30.5 Å². The normalized spacial score (nSPS) is 11.5. The molecule has 6 nitrogen and oxygen atoms in total. The van der Waals surface area contributed by atoms with E-state index in [9.17, 15) is 0 Å². The summed E-state index contributed by atoms with van der Waals surface area (Å²) in [7, 11) is 2.01. The van der Waals surface area contributed by atoms with Crippen LogP contribution in [0, 0.1) is 5.41 Å². The van der Waals surface area contributed by atoms with E-state index in [1.54, 1.807) is 0 Å². The Hall–Kier alpha value is -1.40. The predicted molar refractivity (Wildman–Crippen MR) is 77.9 cm³/mol. The SMILES string of the molecule is CCOCc1nc(NN)cc(N(C)CC(C)(C)C)n1. The van der Waals surface area contributed by atoms with Crippen LogP contribution in [-0.2, 0) is 11.3 Å². The Morgan fingerprint density at radius 2 is 2.05 bits per heavy atom. The highest BCUT2D eigenvalue weighted by atomic mass is 16.5. The summed E-state index contributed by atoms with van der Waals surface area (Å²) in [5, 5.41) is 0. The minimum Gasteiger partial charge on any atom is -0.374 e. The molecule has 0 aliphatic rings. The van der Waals surface area contributed by atoms with Gasteiger partial charge in [0, 0.05) is 26.3 Å². The average molecular weight is 267 g/mol. The van der Waals surface area contributed by atoms with Gasteiger partial charge in [-0.05, 0) is 12.3 Å². The van der Waals surface area contributed by atoms with E-state index in [1.165, 1.54) is 0 Å². The van der Waals surface area contributed by atoms with Crippen LogP contribution in [-0.4, -0.2) is 30.2 Å². The number of nitrogens with two attached hydrogens (primary N) is 1. The molecule has 0 aromatic carbocycles. The van der Waals surface area contributed by atoms with Crippen LogP contribution >= 0.6 is 0 Å². The maximum Gasteiger partial charge on any atom is 0.158 e. The molecule has 6 heteroatoms. The molecule has 1 heterocycles. The van der Waals surface area contributed by atoms with Crippen molar-refractivity contribution in [3.05, 3.63) is 11.9 Å². The van der Waals surface area contributed by atoms with Gasteiger partial charge in [-0.1, -0.05) is 20.8 Å². The lowest BCUT2D eigenvalue weighted by Gasteiger charge is -2.27. The van der Waals surface area contributed by atoms with E-state index in [1.807, 2.05) is 20.0 Å². The number of nitrogen functional groups attached to an aromatic ring is 1. The topological polar surface area (TPSA) is 76.3 Å². The summed E-state index contributed by atoms with van der Waals surface area (Å²) in [6.45, 7) is 10.4. The Balaban J connectivity index is 2.92.